The van der Waals surface area contributed by atoms with Gasteiger partial charge in [0, 0.05) is 25.6 Å². The lowest BCUT2D eigenvalue weighted by Crippen LogP contribution is -2.44. The number of hydrogen-bond acceptors (Lipinski definition) is 4. The SMILES string of the molecule is O=C(CC1COCCN1)NCc1ccc(-c2ccc3c(c2)CCCO3)cc1. The van der Waals surface area contributed by atoms with Crippen LogP contribution in [0.4, 0.5) is 0 Å². The van der Waals surface area contributed by atoms with Crippen molar-refractivity contribution in [2.45, 2.75) is 31.8 Å². The van der Waals surface area contributed by atoms with E-state index in [1.54, 1.807) is 0 Å². The molecule has 5 nitrogen and oxygen atoms in total. The smallest absolute Gasteiger partial charge is 0.221 e. The van der Waals surface area contributed by atoms with Gasteiger partial charge in [-0.05, 0) is 47.2 Å². The van der Waals surface area contributed by atoms with Crippen LogP contribution in [0.5, 0.6) is 5.75 Å². The van der Waals surface area contributed by atoms with Crippen molar-refractivity contribution in [1.29, 1.82) is 0 Å². The fraction of sp³-hybridized carbons (Fsp3) is 0.409. The van der Waals surface area contributed by atoms with Crippen molar-refractivity contribution in [3.05, 3.63) is 53.6 Å². The van der Waals surface area contributed by atoms with Crippen molar-refractivity contribution in [2.75, 3.05) is 26.4 Å². The average Bonchev–Trinajstić information content (AvgIpc) is 2.73. The molecule has 2 aromatic rings. The molecule has 2 N–H and O–H groups in total. The van der Waals surface area contributed by atoms with Gasteiger partial charge in [0.05, 0.1) is 19.8 Å². The molecule has 1 unspecified atom stereocenters. The van der Waals surface area contributed by atoms with Crippen LogP contribution in [0.25, 0.3) is 11.1 Å². The summed E-state index contributed by atoms with van der Waals surface area (Å²) >= 11 is 0. The largest absolute Gasteiger partial charge is 0.493 e. The first-order valence-corrected chi connectivity index (χ1v) is 9.71. The minimum Gasteiger partial charge on any atom is -0.493 e. The molecule has 0 bridgehead atoms. The highest BCUT2D eigenvalue weighted by atomic mass is 16.5. The lowest BCUT2D eigenvalue weighted by molar-refractivity contribution is -0.122. The molecule has 5 heteroatoms. The Hall–Kier alpha value is -2.37. The number of rotatable bonds is 5. The van der Waals surface area contributed by atoms with E-state index < -0.39 is 0 Å². The Bertz CT molecular complexity index is 783. The Balaban J connectivity index is 1.33. The summed E-state index contributed by atoms with van der Waals surface area (Å²) in [4.78, 5) is 12.1. The Morgan fingerprint density at radius 1 is 1.11 bits per heavy atom. The first kappa shape index (κ1) is 18.0. The number of ether oxygens (including phenoxy) is 2. The van der Waals surface area contributed by atoms with Crippen LogP contribution in [-0.2, 0) is 22.5 Å². The summed E-state index contributed by atoms with van der Waals surface area (Å²) in [6, 6.07) is 14.9. The molecule has 2 aliphatic heterocycles. The molecule has 1 atom stereocenters. The molecule has 1 amide bonds. The standard InChI is InChI=1S/C22H26N2O3/c25-22(13-20-15-26-11-9-23-20)24-14-16-3-5-17(6-4-16)18-7-8-21-19(12-18)2-1-10-27-21/h3-8,12,20,23H,1-2,9-11,13-15H2,(H,24,25). The summed E-state index contributed by atoms with van der Waals surface area (Å²) in [7, 11) is 0. The number of amides is 1. The van der Waals surface area contributed by atoms with E-state index in [2.05, 4.69) is 53.1 Å². The van der Waals surface area contributed by atoms with Crippen molar-refractivity contribution < 1.29 is 14.3 Å². The maximum absolute atomic E-state index is 12.1. The molecule has 1 saturated heterocycles. The zero-order valence-electron chi connectivity index (χ0n) is 15.5. The van der Waals surface area contributed by atoms with E-state index in [0.717, 1.165) is 43.9 Å². The molecule has 0 saturated carbocycles. The second-order valence-corrected chi connectivity index (χ2v) is 7.18. The Morgan fingerprint density at radius 3 is 2.78 bits per heavy atom. The van der Waals surface area contributed by atoms with E-state index in [0.29, 0.717) is 19.6 Å². The number of nitrogens with one attached hydrogen (secondary N) is 2. The van der Waals surface area contributed by atoms with Gasteiger partial charge in [0.1, 0.15) is 5.75 Å². The van der Waals surface area contributed by atoms with Crippen LogP contribution in [-0.4, -0.2) is 38.3 Å². The van der Waals surface area contributed by atoms with Crippen LogP contribution >= 0.6 is 0 Å². The van der Waals surface area contributed by atoms with E-state index in [9.17, 15) is 4.79 Å². The minimum atomic E-state index is 0.0526. The molecular formula is C22H26N2O3. The van der Waals surface area contributed by atoms with Gasteiger partial charge in [0.25, 0.3) is 0 Å². The molecule has 2 aliphatic rings. The lowest BCUT2D eigenvalue weighted by Gasteiger charge is -2.23. The number of morpholine rings is 1. The molecule has 2 aromatic carbocycles. The third kappa shape index (κ3) is 4.67. The highest BCUT2D eigenvalue weighted by molar-refractivity contribution is 5.76. The molecule has 0 aromatic heterocycles. The molecule has 1 fully saturated rings. The summed E-state index contributed by atoms with van der Waals surface area (Å²) in [5, 5.41) is 6.30. The Morgan fingerprint density at radius 2 is 1.96 bits per heavy atom. The number of hydrogen-bond donors (Lipinski definition) is 2. The van der Waals surface area contributed by atoms with Crippen molar-refractivity contribution in [3.8, 4) is 16.9 Å². The van der Waals surface area contributed by atoms with Gasteiger partial charge in [0.15, 0.2) is 0 Å². The maximum Gasteiger partial charge on any atom is 0.221 e. The van der Waals surface area contributed by atoms with E-state index in [4.69, 9.17) is 9.47 Å². The number of fused-ring (bicyclic) bond motifs is 1. The van der Waals surface area contributed by atoms with E-state index in [1.807, 2.05) is 0 Å². The summed E-state index contributed by atoms with van der Waals surface area (Å²) in [5.74, 6) is 1.07. The Kier molecular flexibility index (Phi) is 5.70. The third-order valence-corrected chi connectivity index (χ3v) is 5.12. The van der Waals surface area contributed by atoms with Crippen LogP contribution in [0.15, 0.2) is 42.5 Å². The van der Waals surface area contributed by atoms with Crippen molar-refractivity contribution in [1.82, 2.24) is 10.6 Å². The van der Waals surface area contributed by atoms with Gasteiger partial charge in [-0.2, -0.15) is 0 Å². The second kappa shape index (κ2) is 8.55. The molecule has 0 aliphatic carbocycles. The van der Waals surface area contributed by atoms with E-state index >= 15 is 0 Å². The first-order valence-electron chi connectivity index (χ1n) is 9.71. The summed E-state index contributed by atoms with van der Waals surface area (Å²) in [6.07, 6.45) is 2.61. The topological polar surface area (TPSA) is 59.6 Å². The fourth-order valence-electron chi connectivity index (χ4n) is 3.60. The first-order chi connectivity index (χ1) is 13.3. The third-order valence-electron chi connectivity index (χ3n) is 5.12. The summed E-state index contributed by atoms with van der Waals surface area (Å²) < 4.78 is 11.1. The minimum absolute atomic E-state index is 0.0526. The number of aryl methyl sites for hydroxylation is 1. The van der Waals surface area contributed by atoms with Gasteiger partial charge < -0.3 is 20.1 Å². The monoisotopic (exact) mass is 366 g/mol. The molecule has 2 heterocycles. The molecule has 142 valence electrons. The summed E-state index contributed by atoms with van der Waals surface area (Å²) in [6.45, 7) is 3.51. The normalized spacial score (nSPS) is 19.0. The maximum atomic E-state index is 12.1. The number of carbonyl (C=O) groups excluding carboxylic acids is 1. The number of benzene rings is 2. The fourth-order valence-corrected chi connectivity index (χ4v) is 3.60. The predicted octanol–water partition coefficient (Wildman–Crippen LogP) is 2.67. The van der Waals surface area contributed by atoms with Crippen LogP contribution < -0.4 is 15.4 Å². The van der Waals surface area contributed by atoms with Gasteiger partial charge in [-0.1, -0.05) is 30.3 Å². The highest BCUT2D eigenvalue weighted by Crippen LogP contribution is 2.30. The predicted molar refractivity (Wildman–Crippen MR) is 105 cm³/mol. The number of carbonyl (C=O) groups is 1. The van der Waals surface area contributed by atoms with Crippen LogP contribution in [0.2, 0.25) is 0 Å². The molecule has 4 rings (SSSR count). The second-order valence-electron chi connectivity index (χ2n) is 7.18. The average molecular weight is 366 g/mol. The van der Waals surface area contributed by atoms with Gasteiger partial charge in [0.2, 0.25) is 5.91 Å². The van der Waals surface area contributed by atoms with Crippen molar-refractivity contribution in [2.24, 2.45) is 0 Å². The van der Waals surface area contributed by atoms with Gasteiger partial charge in [-0.25, -0.2) is 0 Å². The Labute approximate surface area is 160 Å². The lowest BCUT2D eigenvalue weighted by atomic mass is 9.98. The molecule has 0 spiro atoms. The zero-order chi connectivity index (χ0) is 18.5. The van der Waals surface area contributed by atoms with Crippen LogP contribution in [0.1, 0.15) is 24.0 Å². The van der Waals surface area contributed by atoms with Crippen molar-refractivity contribution in [3.63, 3.8) is 0 Å². The molecule has 27 heavy (non-hydrogen) atoms. The zero-order valence-corrected chi connectivity index (χ0v) is 15.5. The van der Waals surface area contributed by atoms with Gasteiger partial charge >= 0.3 is 0 Å². The van der Waals surface area contributed by atoms with Crippen LogP contribution in [0, 0.1) is 0 Å². The molecule has 0 radical (unpaired) electrons. The summed E-state index contributed by atoms with van der Waals surface area (Å²) in [5.41, 5.74) is 4.77. The van der Waals surface area contributed by atoms with Crippen molar-refractivity contribution >= 4 is 5.91 Å². The molecular weight excluding hydrogens is 340 g/mol. The van der Waals surface area contributed by atoms with Crippen LogP contribution in [0.3, 0.4) is 0 Å². The van der Waals surface area contributed by atoms with Gasteiger partial charge in [-0.15, -0.1) is 0 Å². The highest BCUT2D eigenvalue weighted by Gasteiger charge is 2.16. The van der Waals surface area contributed by atoms with E-state index in [-0.39, 0.29) is 11.9 Å². The quantitative estimate of drug-likeness (QED) is 0.854. The van der Waals surface area contributed by atoms with E-state index in [1.165, 1.54) is 16.7 Å². The van der Waals surface area contributed by atoms with Gasteiger partial charge in [-0.3, -0.25) is 4.79 Å².